The van der Waals surface area contributed by atoms with E-state index in [0.717, 1.165) is 45.4 Å². The average molecular weight is 495 g/mol. The van der Waals surface area contributed by atoms with Gasteiger partial charge in [-0.15, -0.1) is 0 Å². The Hall–Kier alpha value is -1.33. The second-order valence-corrected chi connectivity index (χ2v) is 11.0. The highest BCUT2D eigenvalue weighted by atomic mass is 35.5. The first kappa shape index (κ1) is 23.8. The summed E-state index contributed by atoms with van der Waals surface area (Å²) >= 11 is 18.3. The van der Waals surface area contributed by atoms with Crippen LogP contribution in [0.2, 0.25) is 15.2 Å². The molecule has 2 fully saturated rings. The van der Waals surface area contributed by atoms with Crippen LogP contribution in [0.5, 0.6) is 0 Å². The Bertz CT molecular complexity index is 973. The Morgan fingerprint density at radius 1 is 1.03 bits per heavy atom. The normalized spacial score (nSPS) is 22.2. The maximum absolute atomic E-state index is 12.8. The van der Waals surface area contributed by atoms with Crippen LogP contribution in [-0.2, 0) is 6.42 Å². The lowest BCUT2D eigenvalue weighted by atomic mass is 9.70. The SMILES string of the molecule is CC1(C)CN(C2CCN(C(=O)c3ccnc(Cl)c3)CC2)CCC1Cc1ccc(Cl)c(Cl)c1. The molecule has 1 aromatic heterocycles. The summed E-state index contributed by atoms with van der Waals surface area (Å²) in [6, 6.07) is 9.92. The number of hydrogen-bond donors (Lipinski definition) is 0. The summed E-state index contributed by atoms with van der Waals surface area (Å²) in [7, 11) is 0. The van der Waals surface area contributed by atoms with Crippen LogP contribution in [-0.4, -0.2) is 52.9 Å². The van der Waals surface area contributed by atoms with Crippen molar-refractivity contribution in [1.29, 1.82) is 0 Å². The number of nitrogens with zero attached hydrogens (tertiary/aromatic N) is 3. The quantitative estimate of drug-likeness (QED) is 0.472. The topological polar surface area (TPSA) is 36.4 Å². The number of rotatable bonds is 4. The third kappa shape index (κ3) is 5.41. The molecule has 4 nitrogen and oxygen atoms in total. The van der Waals surface area contributed by atoms with E-state index in [1.54, 1.807) is 18.3 Å². The van der Waals surface area contributed by atoms with Crippen molar-refractivity contribution >= 4 is 40.7 Å². The lowest BCUT2D eigenvalue weighted by molar-refractivity contribution is 0.00811. The minimum atomic E-state index is 0.0495. The van der Waals surface area contributed by atoms with Crippen LogP contribution in [0.1, 0.15) is 49.0 Å². The molecule has 2 aromatic rings. The second kappa shape index (κ2) is 9.89. The summed E-state index contributed by atoms with van der Waals surface area (Å²) < 4.78 is 0. The van der Waals surface area contributed by atoms with Crippen molar-refractivity contribution in [3.8, 4) is 0 Å². The van der Waals surface area contributed by atoms with E-state index in [4.69, 9.17) is 34.8 Å². The van der Waals surface area contributed by atoms with Gasteiger partial charge in [-0.25, -0.2) is 4.98 Å². The molecule has 1 atom stereocenters. The maximum atomic E-state index is 12.8. The van der Waals surface area contributed by atoms with Gasteiger partial charge in [-0.05, 0) is 73.4 Å². The summed E-state index contributed by atoms with van der Waals surface area (Å²) in [5.74, 6) is 0.655. The number of benzene rings is 1. The molecule has 3 heterocycles. The summed E-state index contributed by atoms with van der Waals surface area (Å²) in [6.07, 6.45) is 5.81. The van der Waals surface area contributed by atoms with Gasteiger partial charge in [0.05, 0.1) is 10.0 Å². The van der Waals surface area contributed by atoms with Gasteiger partial charge in [-0.1, -0.05) is 54.7 Å². The van der Waals surface area contributed by atoms with Crippen molar-refractivity contribution in [3.63, 3.8) is 0 Å². The number of halogens is 3. The first-order valence-corrected chi connectivity index (χ1v) is 12.4. The highest BCUT2D eigenvalue weighted by Crippen LogP contribution is 2.39. The molecule has 0 bridgehead atoms. The summed E-state index contributed by atoms with van der Waals surface area (Å²) in [4.78, 5) is 21.4. The Kier molecular flexibility index (Phi) is 7.36. The molecule has 2 aliphatic heterocycles. The summed E-state index contributed by atoms with van der Waals surface area (Å²) in [5.41, 5.74) is 2.09. The lowest BCUT2D eigenvalue weighted by Gasteiger charge is -2.49. The van der Waals surface area contributed by atoms with Gasteiger partial charge in [0.15, 0.2) is 0 Å². The zero-order valence-electron chi connectivity index (χ0n) is 18.7. The van der Waals surface area contributed by atoms with Crippen molar-refractivity contribution in [2.45, 2.75) is 45.6 Å². The van der Waals surface area contributed by atoms with E-state index in [2.05, 4.69) is 29.8 Å². The van der Waals surface area contributed by atoms with Crippen LogP contribution < -0.4 is 0 Å². The Morgan fingerprint density at radius 3 is 2.44 bits per heavy atom. The fourth-order valence-corrected chi connectivity index (χ4v) is 5.73. The van der Waals surface area contributed by atoms with Gasteiger partial charge in [-0.3, -0.25) is 9.69 Å². The van der Waals surface area contributed by atoms with E-state index in [9.17, 15) is 4.79 Å². The molecule has 7 heteroatoms. The summed E-state index contributed by atoms with van der Waals surface area (Å²) in [5, 5.41) is 1.60. The minimum Gasteiger partial charge on any atom is -0.339 e. The molecule has 0 saturated carbocycles. The van der Waals surface area contributed by atoms with Crippen molar-refractivity contribution in [2.24, 2.45) is 11.3 Å². The van der Waals surface area contributed by atoms with Crippen molar-refractivity contribution < 1.29 is 4.79 Å². The standard InChI is InChI=1S/C25H30Cl3N3O/c1-25(2)16-31(10-6-19(25)13-17-3-4-21(26)22(27)14-17)20-7-11-30(12-8-20)24(32)18-5-9-29-23(28)15-18/h3-5,9,14-15,19-20H,6-8,10-13,16H2,1-2H3. The molecule has 2 saturated heterocycles. The number of carbonyl (C=O) groups is 1. The van der Waals surface area contributed by atoms with Crippen molar-refractivity contribution in [2.75, 3.05) is 26.2 Å². The van der Waals surface area contributed by atoms with Gasteiger partial charge in [0.25, 0.3) is 5.91 Å². The second-order valence-electron chi connectivity index (χ2n) is 9.79. The zero-order valence-corrected chi connectivity index (χ0v) is 20.9. The third-order valence-corrected chi connectivity index (χ3v) is 8.13. The van der Waals surface area contributed by atoms with Crippen molar-refractivity contribution in [1.82, 2.24) is 14.8 Å². The monoisotopic (exact) mass is 493 g/mol. The highest BCUT2D eigenvalue weighted by molar-refractivity contribution is 6.42. The molecule has 0 spiro atoms. The first-order valence-electron chi connectivity index (χ1n) is 11.3. The Balaban J connectivity index is 1.32. The van der Waals surface area contributed by atoms with Gasteiger partial charge in [0.1, 0.15) is 5.15 Å². The molecule has 1 unspecified atom stereocenters. The number of piperidine rings is 2. The fraction of sp³-hybridized carbons (Fsp3) is 0.520. The molecule has 0 aliphatic carbocycles. The van der Waals surface area contributed by atoms with Crippen LogP contribution in [0.25, 0.3) is 0 Å². The molecule has 2 aliphatic rings. The number of likely N-dealkylation sites (tertiary alicyclic amines) is 2. The number of carbonyl (C=O) groups excluding carboxylic acids is 1. The highest BCUT2D eigenvalue weighted by Gasteiger charge is 2.39. The Labute approximate surface area is 205 Å². The van der Waals surface area contributed by atoms with E-state index in [-0.39, 0.29) is 11.3 Å². The first-order chi connectivity index (χ1) is 15.2. The molecular weight excluding hydrogens is 465 g/mol. The van der Waals surface area contributed by atoms with Gasteiger partial charge in [0.2, 0.25) is 0 Å². The zero-order chi connectivity index (χ0) is 22.9. The number of hydrogen-bond acceptors (Lipinski definition) is 3. The molecule has 1 amide bonds. The van der Waals surface area contributed by atoms with E-state index in [1.165, 1.54) is 12.0 Å². The van der Waals surface area contributed by atoms with Crippen LogP contribution in [0, 0.1) is 11.3 Å². The van der Waals surface area contributed by atoms with Gasteiger partial charge in [0, 0.05) is 37.4 Å². The molecule has 32 heavy (non-hydrogen) atoms. The number of aromatic nitrogens is 1. The minimum absolute atomic E-state index is 0.0495. The van der Waals surface area contributed by atoms with E-state index < -0.39 is 0 Å². The van der Waals surface area contributed by atoms with Gasteiger partial charge >= 0.3 is 0 Å². The van der Waals surface area contributed by atoms with E-state index >= 15 is 0 Å². The van der Waals surface area contributed by atoms with E-state index in [0.29, 0.717) is 32.7 Å². The van der Waals surface area contributed by atoms with Crippen LogP contribution in [0.4, 0.5) is 0 Å². The van der Waals surface area contributed by atoms with E-state index in [1.807, 2.05) is 17.0 Å². The van der Waals surface area contributed by atoms with Crippen LogP contribution in [0.15, 0.2) is 36.5 Å². The smallest absolute Gasteiger partial charge is 0.254 e. The summed E-state index contributed by atoms with van der Waals surface area (Å²) in [6.45, 7) is 8.52. The number of amides is 1. The predicted molar refractivity (Wildman–Crippen MR) is 132 cm³/mol. The van der Waals surface area contributed by atoms with Crippen LogP contribution in [0.3, 0.4) is 0 Å². The van der Waals surface area contributed by atoms with Gasteiger partial charge in [-0.2, -0.15) is 0 Å². The molecule has 4 rings (SSSR count). The fourth-order valence-electron chi connectivity index (χ4n) is 5.24. The number of pyridine rings is 1. The maximum Gasteiger partial charge on any atom is 0.254 e. The average Bonchev–Trinajstić information content (AvgIpc) is 2.77. The Morgan fingerprint density at radius 2 is 1.78 bits per heavy atom. The third-order valence-electron chi connectivity index (χ3n) is 7.19. The van der Waals surface area contributed by atoms with Crippen molar-refractivity contribution in [3.05, 3.63) is 62.9 Å². The predicted octanol–water partition coefficient (Wildman–Crippen LogP) is 6.24. The molecule has 1 aromatic carbocycles. The molecule has 172 valence electrons. The molecular formula is C25H30Cl3N3O. The lowest BCUT2D eigenvalue weighted by Crippen LogP contribution is -2.53. The molecule has 0 radical (unpaired) electrons. The molecule has 0 N–H and O–H groups in total. The van der Waals surface area contributed by atoms with Crippen LogP contribution >= 0.6 is 34.8 Å². The van der Waals surface area contributed by atoms with Gasteiger partial charge < -0.3 is 4.90 Å². The largest absolute Gasteiger partial charge is 0.339 e.